The van der Waals surface area contributed by atoms with Gasteiger partial charge >= 0.3 is 0 Å². The third kappa shape index (κ3) is 3.75. The summed E-state index contributed by atoms with van der Waals surface area (Å²) in [7, 11) is 0. The molecular formula is C21H19N3O2S. The molecule has 4 rings (SSSR count). The van der Waals surface area contributed by atoms with E-state index in [1.54, 1.807) is 0 Å². The second-order valence-corrected chi connectivity index (χ2v) is 7.65. The van der Waals surface area contributed by atoms with Crippen LogP contribution in [-0.2, 0) is 11.2 Å². The first-order valence-corrected chi connectivity index (χ1v) is 9.64. The number of amides is 2. The van der Waals surface area contributed by atoms with Gasteiger partial charge in [0.2, 0.25) is 5.91 Å². The number of fused-ring (bicyclic) bond motifs is 1. The maximum Gasteiger partial charge on any atom is 0.257 e. The number of aromatic nitrogens is 1. The molecule has 3 aromatic rings. The summed E-state index contributed by atoms with van der Waals surface area (Å²) in [5, 5.41) is 8.27. The second kappa shape index (κ2) is 6.96. The van der Waals surface area contributed by atoms with Crippen molar-refractivity contribution in [3.63, 3.8) is 0 Å². The van der Waals surface area contributed by atoms with Crippen molar-refractivity contribution in [1.29, 1.82) is 0 Å². The molecule has 0 radical (unpaired) electrons. The van der Waals surface area contributed by atoms with Crippen molar-refractivity contribution in [2.75, 3.05) is 10.6 Å². The quantitative estimate of drug-likeness (QED) is 0.703. The fourth-order valence-electron chi connectivity index (χ4n) is 3.28. The Morgan fingerprint density at radius 3 is 2.67 bits per heavy atom. The molecule has 0 saturated carbocycles. The molecule has 0 spiro atoms. The van der Waals surface area contributed by atoms with Gasteiger partial charge < -0.3 is 5.32 Å². The Kier molecular flexibility index (Phi) is 4.49. The molecule has 136 valence electrons. The van der Waals surface area contributed by atoms with Crippen molar-refractivity contribution in [3.05, 3.63) is 64.0 Å². The van der Waals surface area contributed by atoms with E-state index in [4.69, 9.17) is 0 Å². The van der Waals surface area contributed by atoms with Gasteiger partial charge in [-0.05, 0) is 50.1 Å². The van der Waals surface area contributed by atoms with Crippen LogP contribution in [0.2, 0.25) is 0 Å². The molecule has 2 heterocycles. The Labute approximate surface area is 161 Å². The average Bonchev–Trinajstić information content (AvgIpc) is 3.09. The molecule has 1 aliphatic heterocycles. The Morgan fingerprint density at radius 1 is 1.11 bits per heavy atom. The topological polar surface area (TPSA) is 71.1 Å². The summed E-state index contributed by atoms with van der Waals surface area (Å²) in [6.07, 6.45) is 1.24. The van der Waals surface area contributed by atoms with Crippen LogP contribution >= 0.6 is 11.3 Å². The van der Waals surface area contributed by atoms with Gasteiger partial charge in [0.15, 0.2) is 5.13 Å². The molecule has 0 saturated heterocycles. The van der Waals surface area contributed by atoms with E-state index in [1.165, 1.54) is 11.3 Å². The Hall–Kier alpha value is -2.99. The van der Waals surface area contributed by atoms with Crippen LogP contribution in [0.1, 0.15) is 33.5 Å². The van der Waals surface area contributed by atoms with E-state index in [-0.39, 0.29) is 11.8 Å². The van der Waals surface area contributed by atoms with Gasteiger partial charge in [-0.2, -0.15) is 0 Å². The van der Waals surface area contributed by atoms with Crippen molar-refractivity contribution >= 4 is 34.0 Å². The SMILES string of the molecule is Cc1cc(C)cc(C(=O)Nc2nc(-c3ccc4c(c3)CCC(=O)N4)cs2)c1. The smallest absolute Gasteiger partial charge is 0.257 e. The van der Waals surface area contributed by atoms with Gasteiger partial charge in [0, 0.05) is 28.6 Å². The van der Waals surface area contributed by atoms with E-state index in [9.17, 15) is 9.59 Å². The summed E-state index contributed by atoms with van der Waals surface area (Å²) >= 11 is 1.40. The predicted octanol–water partition coefficient (Wildman–Crippen LogP) is 4.56. The molecule has 1 aromatic heterocycles. The molecule has 0 fully saturated rings. The highest BCUT2D eigenvalue weighted by molar-refractivity contribution is 7.14. The van der Waals surface area contributed by atoms with Gasteiger partial charge in [0.05, 0.1) is 5.69 Å². The maximum absolute atomic E-state index is 12.5. The summed E-state index contributed by atoms with van der Waals surface area (Å²) in [6, 6.07) is 11.7. The van der Waals surface area contributed by atoms with E-state index in [2.05, 4.69) is 21.7 Å². The van der Waals surface area contributed by atoms with Crippen molar-refractivity contribution in [1.82, 2.24) is 4.98 Å². The first-order valence-electron chi connectivity index (χ1n) is 8.76. The highest BCUT2D eigenvalue weighted by Gasteiger charge is 2.16. The summed E-state index contributed by atoms with van der Waals surface area (Å²) in [6.45, 7) is 3.95. The fraction of sp³-hybridized carbons (Fsp3) is 0.190. The predicted molar refractivity (Wildman–Crippen MR) is 108 cm³/mol. The third-order valence-corrected chi connectivity index (χ3v) is 5.26. The minimum absolute atomic E-state index is 0.0558. The van der Waals surface area contributed by atoms with E-state index in [1.807, 2.05) is 49.6 Å². The van der Waals surface area contributed by atoms with Crippen molar-refractivity contribution in [2.24, 2.45) is 0 Å². The van der Waals surface area contributed by atoms with Crippen LogP contribution in [0.15, 0.2) is 41.8 Å². The molecule has 2 N–H and O–H groups in total. The molecule has 2 aromatic carbocycles. The number of nitrogens with zero attached hydrogens (tertiary/aromatic N) is 1. The van der Waals surface area contributed by atoms with Crippen LogP contribution in [-0.4, -0.2) is 16.8 Å². The number of rotatable bonds is 3. The molecule has 2 amide bonds. The van der Waals surface area contributed by atoms with E-state index >= 15 is 0 Å². The van der Waals surface area contributed by atoms with Crippen LogP contribution in [0.4, 0.5) is 10.8 Å². The van der Waals surface area contributed by atoms with Crippen molar-refractivity contribution < 1.29 is 9.59 Å². The summed E-state index contributed by atoms with van der Waals surface area (Å²) in [5.74, 6) is -0.101. The van der Waals surface area contributed by atoms with E-state index in [0.717, 1.165) is 40.1 Å². The van der Waals surface area contributed by atoms with Crippen molar-refractivity contribution in [3.8, 4) is 11.3 Å². The van der Waals surface area contributed by atoms with Gasteiger partial charge in [-0.3, -0.25) is 14.9 Å². The Morgan fingerprint density at radius 2 is 1.89 bits per heavy atom. The number of anilines is 2. The van der Waals surface area contributed by atoms with Crippen LogP contribution in [0.3, 0.4) is 0 Å². The summed E-state index contributed by atoms with van der Waals surface area (Å²) in [5.41, 5.74) is 6.52. The van der Waals surface area contributed by atoms with Gasteiger partial charge in [-0.15, -0.1) is 11.3 Å². The first kappa shape index (κ1) is 17.4. The number of benzene rings is 2. The lowest BCUT2D eigenvalue weighted by Crippen LogP contribution is -2.18. The number of carbonyl (C=O) groups excluding carboxylic acids is 2. The molecule has 0 atom stereocenters. The molecule has 0 unspecified atom stereocenters. The standard InChI is InChI=1S/C21H19N3O2S/c1-12-7-13(2)9-16(8-12)20(26)24-21-23-18(11-27-21)15-3-5-17-14(10-15)4-6-19(25)22-17/h3,5,7-11H,4,6H2,1-2H3,(H,22,25)(H,23,24,26). The zero-order valence-electron chi connectivity index (χ0n) is 15.1. The Bertz CT molecular complexity index is 1040. The molecule has 0 aliphatic carbocycles. The van der Waals surface area contributed by atoms with Crippen LogP contribution in [0.5, 0.6) is 0 Å². The largest absolute Gasteiger partial charge is 0.326 e. The second-order valence-electron chi connectivity index (χ2n) is 6.79. The Balaban J connectivity index is 1.53. The number of hydrogen-bond donors (Lipinski definition) is 2. The summed E-state index contributed by atoms with van der Waals surface area (Å²) in [4.78, 5) is 28.5. The normalized spacial score (nSPS) is 13.0. The zero-order valence-corrected chi connectivity index (χ0v) is 15.9. The molecular weight excluding hydrogens is 358 g/mol. The average molecular weight is 377 g/mol. The monoisotopic (exact) mass is 377 g/mol. The van der Waals surface area contributed by atoms with Crippen LogP contribution in [0.25, 0.3) is 11.3 Å². The molecule has 6 heteroatoms. The van der Waals surface area contributed by atoms with Gasteiger partial charge in [0.1, 0.15) is 0 Å². The van der Waals surface area contributed by atoms with Crippen LogP contribution in [0, 0.1) is 13.8 Å². The number of hydrogen-bond acceptors (Lipinski definition) is 4. The number of carbonyl (C=O) groups is 2. The number of thiazole rings is 1. The maximum atomic E-state index is 12.5. The number of aryl methyl sites for hydroxylation is 3. The molecule has 27 heavy (non-hydrogen) atoms. The molecule has 1 aliphatic rings. The van der Waals surface area contributed by atoms with E-state index < -0.39 is 0 Å². The minimum Gasteiger partial charge on any atom is -0.326 e. The van der Waals surface area contributed by atoms with Gasteiger partial charge in [-0.1, -0.05) is 23.3 Å². The lowest BCUT2D eigenvalue weighted by Gasteiger charge is -2.17. The lowest BCUT2D eigenvalue weighted by molar-refractivity contribution is -0.116. The third-order valence-electron chi connectivity index (χ3n) is 4.51. The molecule has 0 bridgehead atoms. The van der Waals surface area contributed by atoms with Gasteiger partial charge in [-0.25, -0.2) is 4.98 Å². The minimum atomic E-state index is -0.157. The first-order chi connectivity index (χ1) is 13.0. The highest BCUT2D eigenvalue weighted by Crippen LogP contribution is 2.30. The molecule has 5 nitrogen and oxygen atoms in total. The van der Waals surface area contributed by atoms with Gasteiger partial charge in [0.25, 0.3) is 5.91 Å². The van der Waals surface area contributed by atoms with Crippen LogP contribution < -0.4 is 10.6 Å². The zero-order chi connectivity index (χ0) is 19.0. The number of nitrogens with one attached hydrogen (secondary N) is 2. The van der Waals surface area contributed by atoms with Crippen molar-refractivity contribution in [2.45, 2.75) is 26.7 Å². The fourth-order valence-corrected chi connectivity index (χ4v) is 4.00. The lowest BCUT2D eigenvalue weighted by atomic mass is 9.99. The summed E-state index contributed by atoms with van der Waals surface area (Å²) < 4.78 is 0. The highest BCUT2D eigenvalue weighted by atomic mass is 32.1. The van der Waals surface area contributed by atoms with E-state index in [0.29, 0.717) is 17.1 Å².